The van der Waals surface area contributed by atoms with Crippen LogP contribution in [0.15, 0.2) is 18.3 Å². The Morgan fingerprint density at radius 2 is 2.30 bits per heavy atom. The van der Waals surface area contributed by atoms with Crippen molar-refractivity contribution >= 4 is 11.7 Å². The molecule has 1 aromatic rings. The highest BCUT2D eigenvalue weighted by molar-refractivity contribution is 5.82. The molecule has 0 radical (unpaired) electrons. The van der Waals surface area contributed by atoms with Gasteiger partial charge in [-0.15, -0.1) is 0 Å². The lowest BCUT2D eigenvalue weighted by Crippen LogP contribution is -2.37. The third kappa shape index (κ3) is 3.45. The van der Waals surface area contributed by atoms with E-state index in [2.05, 4.69) is 16.0 Å². The number of amides is 1. The van der Waals surface area contributed by atoms with Gasteiger partial charge in [-0.25, -0.2) is 4.98 Å². The van der Waals surface area contributed by atoms with Crippen molar-refractivity contribution in [3.63, 3.8) is 0 Å². The summed E-state index contributed by atoms with van der Waals surface area (Å²) in [7, 11) is 0. The summed E-state index contributed by atoms with van der Waals surface area (Å²) < 4.78 is 5.53. The van der Waals surface area contributed by atoms with Gasteiger partial charge in [0.05, 0.1) is 17.6 Å². The Bertz CT molecular complexity index is 613. The molecular weight excluding hydrogens is 292 g/mol. The maximum absolute atomic E-state index is 12.5. The molecule has 2 aliphatic rings. The Labute approximate surface area is 136 Å². The fourth-order valence-corrected chi connectivity index (χ4v) is 3.15. The second-order valence-corrected chi connectivity index (χ2v) is 5.99. The summed E-state index contributed by atoms with van der Waals surface area (Å²) >= 11 is 0. The van der Waals surface area contributed by atoms with Crippen molar-refractivity contribution in [1.82, 2.24) is 9.88 Å². The smallest absolute Gasteiger partial charge is 0.228 e. The molecule has 2 fully saturated rings. The van der Waals surface area contributed by atoms with Crippen molar-refractivity contribution in [3.05, 3.63) is 23.9 Å². The average Bonchev–Trinajstić information content (AvgIpc) is 3.37. The van der Waals surface area contributed by atoms with E-state index < -0.39 is 0 Å². The van der Waals surface area contributed by atoms with Gasteiger partial charge >= 0.3 is 0 Å². The summed E-state index contributed by atoms with van der Waals surface area (Å²) in [6.07, 6.45) is 3.57. The van der Waals surface area contributed by atoms with Crippen molar-refractivity contribution in [2.45, 2.75) is 25.9 Å². The van der Waals surface area contributed by atoms with Crippen LogP contribution in [-0.2, 0) is 9.53 Å². The molecule has 6 nitrogen and oxygen atoms in total. The molecule has 23 heavy (non-hydrogen) atoms. The molecule has 2 atom stereocenters. The summed E-state index contributed by atoms with van der Waals surface area (Å²) in [5.41, 5.74) is 0.589. The molecule has 6 heteroatoms. The summed E-state index contributed by atoms with van der Waals surface area (Å²) in [4.78, 5) is 20.9. The lowest BCUT2D eigenvalue weighted by molar-refractivity contribution is -0.133. The van der Waals surface area contributed by atoms with Crippen molar-refractivity contribution in [1.29, 1.82) is 5.26 Å². The highest BCUT2D eigenvalue weighted by Crippen LogP contribution is 2.35. The Morgan fingerprint density at radius 3 is 3.09 bits per heavy atom. The van der Waals surface area contributed by atoms with Gasteiger partial charge in [-0.3, -0.25) is 4.79 Å². The Morgan fingerprint density at radius 1 is 1.43 bits per heavy atom. The Hall–Kier alpha value is -2.13. The Kier molecular flexibility index (Phi) is 4.77. The van der Waals surface area contributed by atoms with Crippen molar-refractivity contribution in [3.8, 4) is 6.07 Å². The molecule has 1 amide bonds. The number of nitriles is 1. The van der Waals surface area contributed by atoms with Crippen LogP contribution in [0.2, 0.25) is 0 Å². The van der Waals surface area contributed by atoms with Gasteiger partial charge in [-0.05, 0) is 31.9 Å². The molecule has 0 aromatic carbocycles. The number of nitrogens with zero attached hydrogens (tertiary/aromatic N) is 4. The molecule has 3 rings (SSSR count). The molecule has 0 spiro atoms. The number of carbonyl (C=O) groups is 1. The minimum Gasteiger partial charge on any atom is -0.378 e. The van der Waals surface area contributed by atoms with Gasteiger partial charge < -0.3 is 14.5 Å². The van der Waals surface area contributed by atoms with E-state index in [1.165, 1.54) is 0 Å². The minimum atomic E-state index is 0.0472. The molecule has 1 saturated heterocycles. The van der Waals surface area contributed by atoms with Crippen LogP contribution in [0.5, 0.6) is 0 Å². The predicted octanol–water partition coefficient (Wildman–Crippen LogP) is 1.42. The van der Waals surface area contributed by atoms with Crippen LogP contribution in [0.4, 0.5) is 5.82 Å². The number of rotatable bonds is 4. The Balaban J connectivity index is 1.62. The van der Waals surface area contributed by atoms with E-state index in [0.29, 0.717) is 25.3 Å². The molecule has 1 saturated carbocycles. The van der Waals surface area contributed by atoms with Gasteiger partial charge in [0.1, 0.15) is 11.9 Å². The van der Waals surface area contributed by atoms with Crippen LogP contribution in [0.3, 0.4) is 0 Å². The van der Waals surface area contributed by atoms with Gasteiger partial charge in [0.15, 0.2) is 0 Å². The first kappa shape index (κ1) is 15.8. The largest absolute Gasteiger partial charge is 0.378 e. The second kappa shape index (κ2) is 6.97. The highest BCUT2D eigenvalue weighted by atomic mass is 16.5. The maximum atomic E-state index is 12.5. The van der Waals surface area contributed by atoms with E-state index >= 15 is 0 Å². The molecule has 0 N–H and O–H groups in total. The quantitative estimate of drug-likeness (QED) is 0.840. The van der Waals surface area contributed by atoms with E-state index in [4.69, 9.17) is 4.74 Å². The molecule has 2 heterocycles. The third-order valence-corrected chi connectivity index (χ3v) is 4.44. The number of ether oxygens (including phenoxy) is 1. The third-order valence-electron chi connectivity index (χ3n) is 4.44. The van der Waals surface area contributed by atoms with E-state index in [1.807, 2.05) is 11.8 Å². The standard InChI is InChI=1S/C17H22N4O2/c1-2-23-15-11-14(15)17(22)21-8-4-7-20(9-10-21)16-13(12-18)5-3-6-19-16/h3,5-6,14-15H,2,4,7-11H2,1H3/t14-,15-/m0/s1. The first-order valence-electron chi connectivity index (χ1n) is 8.25. The van der Waals surface area contributed by atoms with E-state index in [0.717, 1.165) is 31.7 Å². The zero-order valence-electron chi connectivity index (χ0n) is 13.4. The van der Waals surface area contributed by atoms with Gasteiger partial charge in [0.25, 0.3) is 0 Å². The van der Waals surface area contributed by atoms with Crippen molar-refractivity contribution < 1.29 is 9.53 Å². The summed E-state index contributed by atoms with van der Waals surface area (Å²) in [5, 5.41) is 9.23. The van der Waals surface area contributed by atoms with Crippen LogP contribution >= 0.6 is 0 Å². The SMILES string of the molecule is CCO[C@H]1C[C@@H]1C(=O)N1CCCN(c2ncccc2C#N)CC1. The van der Waals surface area contributed by atoms with Crippen LogP contribution in [0, 0.1) is 17.2 Å². The van der Waals surface area contributed by atoms with Crippen LogP contribution in [0.25, 0.3) is 0 Å². The first-order valence-corrected chi connectivity index (χ1v) is 8.25. The van der Waals surface area contributed by atoms with Gasteiger partial charge in [0, 0.05) is 39.0 Å². The highest BCUT2D eigenvalue weighted by Gasteiger charge is 2.45. The minimum absolute atomic E-state index is 0.0472. The molecule has 0 bridgehead atoms. The maximum Gasteiger partial charge on any atom is 0.228 e. The molecule has 1 aliphatic heterocycles. The zero-order chi connectivity index (χ0) is 16.2. The zero-order valence-corrected chi connectivity index (χ0v) is 13.4. The summed E-state index contributed by atoms with van der Waals surface area (Å²) in [6, 6.07) is 5.75. The molecule has 1 aliphatic carbocycles. The lowest BCUT2D eigenvalue weighted by atomic mass is 10.2. The first-order chi connectivity index (χ1) is 11.2. The van der Waals surface area contributed by atoms with Crippen LogP contribution in [0.1, 0.15) is 25.3 Å². The van der Waals surface area contributed by atoms with E-state index in [9.17, 15) is 10.1 Å². The predicted molar refractivity (Wildman–Crippen MR) is 85.9 cm³/mol. The number of anilines is 1. The van der Waals surface area contributed by atoms with Crippen molar-refractivity contribution in [2.75, 3.05) is 37.7 Å². The number of aromatic nitrogens is 1. The van der Waals surface area contributed by atoms with Crippen molar-refractivity contribution in [2.24, 2.45) is 5.92 Å². The molecule has 0 unspecified atom stereocenters. The molecular formula is C17H22N4O2. The van der Waals surface area contributed by atoms with Gasteiger partial charge in [0.2, 0.25) is 5.91 Å². The second-order valence-electron chi connectivity index (χ2n) is 5.99. The lowest BCUT2D eigenvalue weighted by Gasteiger charge is -2.23. The topological polar surface area (TPSA) is 69.5 Å². The summed E-state index contributed by atoms with van der Waals surface area (Å²) in [5.74, 6) is 0.987. The average molecular weight is 314 g/mol. The number of carbonyl (C=O) groups excluding carboxylic acids is 1. The normalized spacial score (nSPS) is 24.0. The number of hydrogen-bond acceptors (Lipinski definition) is 5. The summed E-state index contributed by atoms with van der Waals surface area (Å²) in [6.45, 7) is 5.59. The van der Waals surface area contributed by atoms with Crippen LogP contribution in [-0.4, -0.2) is 54.7 Å². The molecule has 122 valence electrons. The van der Waals surface area contributed by atoms with Crippen LogP contribution < -0.4 is 4.90 Å². The van der Waals surface area contributed by atoms with Gasteiger partial charge in [-0.2, -0.15) is 5.26 Å². The monoisotopic (exact) mass is 314 g/mol. The van der Waals surface area contributed by atoms with E-state index in [1.54, 1.807) is 18.3 Å². The fourth-order valence-electron chi connectivity index (χ4n) is 3.15. The molecule has 1 aromatic heterocycles. The fraction of sp³-hybridized carbons (Fsp3) is 0.588. The number of pyridine rings is 1. The van der Waals surface area contributed by atoms with E-state index in [-0.39, 0.29) is 17.9 Å². The number of hydrogen-bond donors (Lipinski definition) is 0. The van der Waals surface area contributed by atoms with Gasteiger partial charge in [-0.1, -0.05) is 0 Å².